The Kier molecular flexibility index (Phi) is 6.12. The Bertz CT molecular complexity index is 730. The summed E-state index contributed by atoms with van der Waals surface area (Å²) in [5.41, 5.74) is 0.879. The molecule has 0 bridgehead atoms. The molecule has 0 radical (unpaired) electrons. The fourth-order valence-electron chi connectivity index (χ4n) is 2.60. The van der Waals surface area contributed by atoms with Gasteiger partial charge in [-0.25, -0.2) is 4.98 Å². The van der Waals surface area contributed by atoms with E-state index in [0.29, 0.717) is 25.2 Å². The fourth-order valence-corrected chi connectivity index (χ4v) is 2.60. The number of aromatic nitrogens is 2. The van der Waals surface area contributed by atoms with Crippen molar-refractivity contribution in [1.29, 1.82) is 0 Å². The van der Waals surface area contributed by atoms with Gasteiger partial charge in [-0.3, -0.25) is 14.0 Å². The average Bonchev–Trinajstić information content (AvgIpc) is 2.98. The van der Waals surface area contributed by atoms with E-state index in [1.54, 1.807) is 27.6 Å². The maximum atomic E-state index is 12.9. The molecule has 2 aromatic heterocycles. The Labute approximate surface area is 142 Å². The van der Waals surface area contributed by atoms with Gasteiger partial charge in [0.1, 0.15) is 0 Å². The second-order valence-corrected chi connectivity index (χ2v) is 5.53. The van der Waals surface area contributed by atoms with Gasteiger partial charge in [0.05, 0.1) is 5.52 Å². The number of hydrogen-bond acceptors (Lipinski definition) is 3. The maximum absolute atomic E-state index is 12.9. The van der Waals surface area contributed by atoms with Crippen LogP contribution in [0.3, 0.4) is 0 Å². The molecule has 1 N–H and O–H groups in total. The van der Waals surface area contributed by atoms with E-state index in [0.717, 1.165) is 12.8 Å². The van der Waals surface area contributed by atoms with E-state index >= 15 is 0 Å². The zero-order valence-corrected chi connectivity index (χ0v) is 14.3. The Balaban J connectivity index is 2.45. The van der Waals surface area contributed by atoms with Gasteiger partial charge in [-0.1, -0.05) is 26.0 Å². The van der Waals surface area contributed by atoms with Gasteiger partial charge in [-0.15, -0.1) is 6.58 Å². The average molecular weight is 328 g/mol. The smallest absolute Gasteiger partial charge is 0.290 e. The first-order valence-corrected chi connectivity index (χ1v) is 8.29. The number of pyridine rings is 1. The van der Waals surface area contributed by atoms with E-state index in [4.69, 9.17) is 0 Å². The number of fused-ring (bicyclic) bond motifs is 1. The standard InChI is InChI=1S/C18H24N4O2/c1-4-10-19-17(23)15-14-9-7-8-13-22(14)16(20-15)18(24)21(11-5-2)12-6-3/h4,7-9,13H,1,5-6,10-12H2,2-3H3,(H,19,23). The summed E-state index contributed by atoms with van der Waals surface area (Å²) in [6, 6.07) is 5.43. The fraction of sp³-hybridized carbons (Fsp3) is 0.389. The SMILES string of the molecule is C=CCNC(=O)c1nc(C(=O)N(CCC)CCC)n2ccccc12. The Morgan fingerprint density at radius 3 is 2.62 bits per heavy atom. The van der Waals surface area contributed by atoms with Crippen LogP contribution < -0.4 is 5.32 Å². The third kappa shape index (κ3) is 3.64. The van der Waals surface area contributed by atoms with Crippen molar-refractivity contribution in [3.8, 4) is 0 Å². The Morgan fingerprint density at radius 1 is 1.29 bits per heavy atom. The number of carbonyl (C=O) groups excluding carboxylic acids is 2. The van der Waals surface area contributed by atoms with Crippen molar-refractivity contribution in [1.82, 2.24) is 19.6 Å². The normalized spacial score (nSPS) is 10.6. The third-order valence-electron chi connectivity index (χ3n) is 3.64. The minimum absolute atomic E-state index is 0.150. The summed E-state index contributed by atoms with van der Waals surface area (Å²) in [6.45, 7) is 9.36. The van der Waals surface area contributed by atoms with E-state index in [-0.39, 0.29) is 23.3 Å². The van der Waals surface area contributed by atoms with Gasteiger partial charge in [0.15, 0.2) is 5.69 Å². The molecule has 2 amide bonds. The largest absolute Gasteiger partial charge is 0.347 e. The molecule has 0 unspecified atom stereocenters. The highest BCUT2D eigenvalue weighted by Gasteiger charge is 2.24. The summed E-state index contributed by atoms with van der Waals surface area (Å²) >= 11 is 0. The second-order valence-electron chi connectivity index (χ2n) is 5.53. The van der Waals surface area contributed by atoms with Crippen molar-refractivity contribution < 1.29 is 9.59 Å². The lowest BCUT2D eigenvalue weighted by molar-refractivity contribution is 0.0742. The lowest BCUT2D eigenvalue weighted by Gasteiger charge is -2.20. The highest BCUT2D eigenvalue weighted by Crippen LogP contribution is 2.15. The maximum Gasteiger partial charge on any atom is 0.290 e. The lowest BCUT2D eigenvalue weighted by atomic mass is 10.3. The molecule has 2 heterocycles. The van der Waals surface area contributed by atoms with Crippen molar-refractivity contribution in [3.05, 3.63) is 48.6 Å². The minimum atomic E-state index is -0.310. The van der Waals surface area contributed by atoms with Gasteiger partial charge in [0, 0.05) is 25.8 Å². The minimum Gasteiger partial charge on any atom is -0.347 e. The number of nitrogens with one attached hydrogen (secondary N) is 1. The van der Waals surface area contributed by atoms with Crippen LogP contribution in [0.25, 0.3) is 5.52 Å². The van der Waals surface area contributed by atoms with Crippen LogP contribution in [0.1, 0.15) is 47.8 Å². The van der Waals surface area contributed by atoms with Gasteiger partial charge in [0.25, 0.3) is 11.8 Å². The molecule has 0 aliphatic heterocycles. The molecule has 0 saturated heterocycles. The van der Waals surface area contributed by atoms with Crippen LogP contribution >= 0.6 is 0 Å². The Hall–Kier alpha value is -2.63. The predicted octanol–water partition coefficient (Wildman–Crippen LogP) is 2.51. The van der Waals surface area contributed by atoms with Crippen LogP contribution in [-0.4, -0.2) is 45.7 Å². The molecule has 0 aliphatic carbocycles. The summed E-state index contributed by atoms with van der Waals surface area (Å²) in [4.78, 5) is 31.3. The summed E-state index contributed by atoms with van der Waals surface area (Å²) in [6.07, 6.45) is 5.12. The van der Waals surface area contributed by atoms with Crippen LogP contribution in [0.4, 0.5) is 0 Å². The molecule has 0 atom stereocenters. The van der Waals surface area contributed by atoms with Crippen molar-refractivity contribution in [3.63, 3.8) is 0 Å². The van der Waals surface area contributed by atoms with E-state index < -0.39 is 0 Å². The highest BCUT2D eigenvalue weighted by molar-refractivity contribution is 6.02. The van der Waals surface area contributed by atoms with Crippen LogP contribution in [-0.2, 0) is 0 Å². The van der Waals surface area contributed by atoms with Crippen molar-refractivity contribution in [2.24, 2.45) is 0 Å². The summed E-state index contributed by atoms with van der Waals surface area (Å²) < 4.78 is 1.68. The summed E-state index contributed by atoms with van der Waals surface area (Å²) in [5, 5.41) is 2.71. The topological polar surface area (TPSA) is 66.7 Å². The van der Waals surface area contributed by atoms with Crippen molar-refractivity contribution in [2.45, 2.75) is 26.7 Å². The number of hydrogen-bond donors (Lipinski definition) is 1. The number of carbonyl (C=O) groups is 2. The van der Waals surface area contributed by atoms with E-state index in [1.165, 1.54) is 0 Å². The molecule has 2 rings (SSSR count). The summed E-state index contributed by atoms with van der Waals surface area (Å²) in [7, 11) is 0. The predicted molar refractivity (Wildman–Crippen MR) is 94.2 cm³/mol. The lowest BCUT2D eigenvalue weighted by Crippen LogP contribution is -2.34. The van der Waals surface area contributed by atoms with E-state index in [1.807, 2.05) is 26.0 Å². The van der Waals surface area contributed by atoms with Gasteiger partial charge in [-0.05, 0) is 25.0 Å². The van der Waals surface area contributed by atoms with Gasteiger partial charge >= 0.3 is 0 Å². The zero-order chi connectivity index (χ0) is 17.5. The molecule has 0 aromatic carbocycles. The van der Waals surface area contributed by atoms with Crippen LogP contribution in [0, 0.1) is 0 Å². The highest BCUT2D eigenvalue weighted by atomic mass is 16.2. The Morgan fingerprint density at radius 2 is 2.00 bits per heavy atom. The zero-order valence-electron chi connectivity index (χ0n) is 14.3. The molecule has 0 fully saturated rings. The molecular formula is C18H24N4O2. The first-order chi connectivity index (χ1) is 11.6. The number of imidazole rings is 1. The monoisotopic (exact) mass is 328 g/mol. The molecule has 6 heteroatoms. The molecule has 0 spiro atoms. The molecule has 2 aromatic rings. The molecule has 0 saturated carbocycles. The molecular weight excluding hydrogens is 304 g/mol. The van der Waals surface area contributed by atoms with E-state index in [2.05, 4.69) is 16.9 Å². The summed E-state index contributed by atoms with van der Waals surface area (Å²) in [5.74, 6) is -0.186. The van der Waals surface area contributed by atoms with Gasteiger partial charge < -0.3 is 10.2 Å². The van der Waals surface area contributed by atoms with E-state index in [9.17, 15) is 9.59 Å². The van der Waals surface area contributed by atoms with Crippen LogP contribution in [0.5, 0.6) is 0 Å². The first kappa shape index (κ1) is 17.7. The molecule has 24 heavy (non-hydrogen) atoms. The first-order valence-electron chi connectivity index (χ1n) is 8.29. The number of nitrogens with zero attached hydrogens (tertiary/aromatic N) is 3. The van der Waals surface area contributed by atoms with Crippen LogP contribution in [0.2, 0.25) is 0 Å². The quantitative estimate of drug-likeness (QED) is 0.757. The third-order valence-corrected chi connectivity index (χ3v) is 3.64. The second kappa shape index (κ2) is 8.29. The van der Waals surface area contributed by atoms with Gasteiger partial charge in [0.2, 0.25) is 5.82 Å². The van der Waals surface area contributed by atoms with Crippen LogP contribution in [0.15, 0.2) is 37.1 Å². The molecule has 6 nitrogen and oxygen atoms in total. The molecule has 128 valence electrons. The van der Waals surface area contributed by atoms with Gasteiger partial charge in [-0.2, -0.15) is 0 Å². The number of rotatable bonds is 8. The van der Waals surface area contributed by atoms with Crippen molar-refractivity contribution in [2.75, 3.05) is 19.6 Å². The van der Waals surface area contributed by atoms with Crippen molar-refractivity contribution >= 4 is 17.3 Å². The molecule has 0 aliphatic rings. The number of amides is 2.